The number of aryl methyl sites for hydroxylation is 2. The van der Waals surface area contributed by atoms with Crippen LogP contribution in [0.4, 0.5) is 0 Å². The molecule has 1 saturated heterocycles. The van der Waals surface area contributed by atoms with E-state index in [0.29, 0.717) is 11.8 Å². The molecule has 1 amide bonds. The van der Waals surface area contributed by atoms with Gasteiger partial charge in [0, 0.05) is 55.2 Å². The first-order chi connectivity index (χ1) is 15.0. The fourth-order valence-electron chi connectivity index (χ4n) is 4.66. The van der Waals surface area contributed by atoms with E-state index in [0.717, 1.165) is 72.9 Å². The van der Waals surface area contributed by atoms with E-state index in [2.05, 4.69) is 22.5 Å². The lowest BCUT2D eigenvalue weighted by atomic mass is 10.1. The Labute approximate surface area is 186 Å². The highest BCUT2D eigenvalue weighted by atomic mass is 35.5. The van der Waals surface area contributed by atoms with Gasteiger partial charge in [-0.3, -0.25) is 9.69 Å². The Hall–Kier alpha value is -2.70. The second-order valence-electron chi connectivity index (χ2n) is 8.14. The van der Waals surface area contributed by atoms with Gasteiger partial charge in [-0.15, -0.1) is 0 Å². The first-order valence-corrected chi connectivity index (χ1v) is 11.1. The molecule has 1 fully saturated rings. The van der Waals surface area contributed by atoms with Crippen molar-refractivity contribution >= 4 is 28.4 Å². The van der Waals surface area contributed by atoms with Crippen molar-refractivity contribution in [1.82, 2.24) is 14.4 Å². The Morgan fingerprint density at radius 1 is 1.03 bits per heavy atom. The smallest absolute Gasteiger partial charge is 0.270 e. The first kappa shape index (κ1) is 20.2. The van der Waals surface area contributed by atoms with E-state index < -0.39 is 0 Å². The number of nitrogens with zero attached hydrogens (tertiary/aromatic N) is 3. The molecule has 2 aliphatic rings. The van der Waals surface area contributed by atoms with Crippen molar-refractivity contribution in [2.24, 2.45) is 0 Å². The number of fused-ring (bicyclic) bond motifs is 2. The number of carbonyl (C=O) groups excluding carboxylic acids is 1. The Bertz CT molecular complexity index is 1150. The van der Waals surface area contributed by atoms with Crippen LogP contribution in [0.25, 0.3) is 10.9 Å². The minimum atomic E-state index is 0.106. The van der Waals surface area contributed by atoms with E-state index in [-0.39, 0.29) is 5.91 Å². The van der Waals surface area contributed by atoms with E-state index in [1.54, 1.807) is 0 Å². The van der Waals surface area contributed by atoms with E-state index in [4.69, 9.17) is 21.1 Å². The van der Waals surface area contributed by atoms with Crippen LogP contribution in [0.2, 0.25) is 5.02 Å². The molecular weight excluding hydrogens is 414 g/mol. The van der Waals surface area contributed by atoms with Crippen molar-refractivity contribution in [1.29, 1.82) is 0 Å². The van der Waals surface area contributed by atoms with Gasteiger partial charge >= 0.3 is 0 Å². The second-order valence-corrected chi connectivity index (χ2v) is 8.57. The van der Waals surface area contributed by atoms with Crippen LogP contribution in [0.3, 0.4) is 0 Å². The number of piperazine rings is 1. The molecule has 0 atom stereocenters. The summed E-state index contributed by atoms with van der Waals surface area (Å²) >= 11 is 6.21. The predicted molar refractivity (Wildman–Crippen MR) is 121 cm³/mol. The van der Waals surface area contributed by atoms with Crippen LogP contribution < -0.4 is 9.47 Å². The maximum Gasteiger partial charge on any atom is 0.270 e. The number of carbonyl (C=O) groups is 1. The molecule has 5 rings (SSSR count). The molecular formula is C24H26ClN3O3. The summed E-state index contributed by atoms with van der Waals surface area (Å²) in [5, 5.41) is 1.75. The van der Waals surface area contributed by atoms with Crippen LogP contribution in [-0.4, -0.2) is 53.2 Å². The molecule has 0 aliphatic carbocycles. The fraction of sp³-hybridized carbons (Fsp3) is 0.375. The standard InChI is InChI=1S/C24H26ClN3O3/c1-3-28-20-6-5-18(25)13-19(20)16(2)23(28)24(29)27-10-8-26(9-11-27)14-17-4-7-21-22(12-17)31-15-30-21/h4-7,12-13H,3,8-11,14-15H2,1-2H3. The number of rotatable bonds is 4. The van der Waals surface area contributed by atoms with Gasteiger partial charge in [-0.05, 0) is 55.3 Å². The quantitative estimate of drug-likeness (QED) is 0.607. The lowest BCUT2D eigenvalue weighted by molar-refractivity contribution is 0.0618. The van der Waals surface area contributed by atoms with Gasteiger partial charge in [0.1, 0.15) is 5.69 Å². The van der Waals surface area contributed by atoms with Gasteiger partial charge in [-0.25, -0.2) is 0 Å². The van der Waals surface area contributed by atoms with Crippen molar-refractivity contribution in [3.8, 4) is 11.5 Å². The zero-order chi connectivity index (χ0) is 21.5. The molecule has 162 valence electrons. The zero-order valence-corrected chi connectivity index (χ0v) is 18.6. The summed E-state index contributed by atoms with van der Waals surface area (Å²) in [6, 6.07) is 12.0. The van der Waals surface area contributed by atoms with E-state index in [1.165, 1.54) is 5.56 Å². The highest BCUT2D eigenvalue weighted by Crippen LogP contribution is 2.33. The monoisotopic (exact) mass is 439 g/mol. The van der Waals surface area contributed by atoms with Crippen molar-refractivity contribution in [3.63, 3.8) is 0 Å². The van der Waals surface area contributed by atoms with E-state index >= 15 is 0 Å². The third-order valence-corrected chi connectivity index (χ3v) is 6.54. The molecule has 3 heterocycles. The van der Waals surface area contributed by atoms with Crippen molar-refractivity contribution in [2.45, 2.75) is 26.9 Å². The Kier molecular flexibility index (Phi) is 5.28. The number of benzene rings is 2. The number of ether oxygens (including phenoxy) is 2. The van der Waals surface area contributed by atoms with Gasteiger partial charge in [0.2, 0.25) is 6.79 Å². The second kappa shape index (κ2) is 8.09. The molecule has 31 heavy (non-hydrogen) atoms. The van der Waals surface area contributed by atoms with Crippen LogP contribution in [0, 0.1) is 6.92 Å². The number of hydrogen-bond donors (Lipinski definition) is 0. The molecule has 0 radical (unpaired) electrons. The van der Waals surface area contributed by atoms with Crippen LogP contribution in [0.1, 0.15) is 28.5 Å². The normalized spacial score (nSPS) is 16.3. The highest BCUT2D eigenvalue weighted by molar-refractivity contribution is 6.31. The molecule has 3 aromatic rings. The predicted octanol–water partition coefficient (Wildman–Crippen LogP) is 4.31. The molecule has 0 bridgehead atoms. The molecule has 2 aliphatic heterocycles. The number of hydrogen-bond acceptors (Lipinski definition) is 4. The largest absolute Gasteiger partial charge is 0.454 e. The number of amides is 1. The van der Waals surface area contributed by atoms with Gasteiger partial charge in [0.15, 0.2) is 11.5 Å². The average Bonchev–Trinajstić information content (AvgIpc) is 3.35. The van der Waals surface area contributed by atoms with E-state index in [9.17, 15) is 4.79 Å². The topological polar surface area (TPSA) is 46.9 Å². The zero-order valence-electron chi connectivity index (χ0n) is 17.9. The molecule has 6 nitrogen and oxygen atoms in total. The van der Waals surface area contributed by atoms with Crippen LogP contribution in [-0.2, 0) is 13.1 Å². The van der Waals surface area contributed by atoms with Gasteiger partial charge < -0.3 is 18.9 Å². The highest BCUT2D eigenvalue weighted by Gasteiger charge is 2.27. The average molecular weight is 440 g/mol. The van der Waals surface area contributed by atoms with Crippen LogP contribution in [0.15, 0.2) is 36.4 Å². The summed E-state index contributed by atoms with van der Waals surface area (Å²) in [4.78, 5) is 17.8. The Morgan fingerprint density at radius 3 is 2.58 bits per heavy atom. The maximum atomic E-state index is 13.5. The van der Waals surface area contributed by atoms with Gasteiger partial charge in [0.25, 0.3) is 5.91 Å². The van der Waals surface area contributed by atoms with E-state index in [1.807, 2.05) is 42.2 Å². The fourth-order valence-corrected chi connectivity index (χ4v) is 4.83. The summed E-state index contributed by atoms with van der Waals surface area (Å²) in [6.45, 7) is 9.10. The summed E-state index contributed by atoms with van der Waals surface area (Å²) < 4.78 is 13.0. The molecule has 1 aromatic heterocycles. The minimum Gasteiger partial charge on any atom is -0.454 e. The molecule has 0 spiro atoms. The number of halogens is 1. The first-order valence-electron chi connectivity index (χ1n) is 10.7. The van der Waals surface area contributed by atoms with Crippen LogP contribution >= 0.6 is 11.6 Å². The SMILES string of the molecule is CCn1c(C(=O)N2CCN(Cc3ccc4c(c3)OCO4)CC2)c(C)c2cc(Cl)ccc21. The Balaban J connectivity index is 1.30. The Morgan fingerprint density at radius 2 is 1.81 bits per heavy atom. The summed E-state index contributed by atoms with van der Waals surface area (Å²) in [5.74, 6) is 1.73. The summed E-state index contributed by atoms with van der Waals surface area (Å²) in [6.07, 6.45) is 0. The van der Waals surface area contributed by atoms with Crippen molar-refractivity contribution < 1.29 is 14.3 Å². The third-order valence-electron chi connectivity index (χ3n) is 6.30. The molecule has 0 saturated carbocycles. The minimum absolute atomic E-state index is 0.106. The third kappa shape index (κ3) is 3.64. The molecule has 7 heteroatoms. The molecule has 0 N–H and O–H groups in total. The van der Waals surface area contributed by atoms with Crippen LogP contribution in [0.5, 0.6) is 11.5 Å². The lowest BCUT2D eigenvalue weighted by Gasteiger charge is -2.35. The summed E-state index contributed by atoms with van der Waals surface area (Å²) in [7, 11) is 0. The summed E-state index contributed by atoms with van der Waals surface area (Å²) in [5.41, 5.74) is 4.05. The molecule has 0 unspecified atom stereocenters. The van der Waals surface area contributed by atoms with Crippen molar-refractivity contribution in [2.75, 3.05) is 33.0 Å². The van der Waals surface area contributed by atoms with Gasteiger partial charge in [-0.2, -0.15) is 0 Å². The lowest BCUT2D eigenvalue weighted by Crippen LogP contribution is -2.48. The van der Waals surface area contributed by atoms with Crippen molar-refractivity contribution in [3.05, 3.63) is 58.2 Å². The van der Waals surface area contributed by atoms with Gasteiger partial charge in [-0.1, -0.05) is 17.7 Å². The molecule has 2 aromatic carbocycles. The van der Waals surface area contributed by atoms with Gasteiger partial charge in [0.05, 0.1) is 0 Å². The maximum absolute atomic E-state index is 13.5. The number of aromatic nitrogens is 1.